The molecule has 3 aromatic rings. The number of fused-ring (bicyclic) bond motifs is 1. The van der Waals surface area contributed by atoms with Gasteiger partial charge >= 0.3 is 0 Å². The maximum atomic E-state index is 9.34. The number of ether oxygens (including phenoxy) is 1. The van der Waals surface area contributed by atoms with E-state index in [2.05, 4.69) is 16.0 Å². The number of aromatic amines is 1. The second-order valence-electron chi connectivity index (χ2n) is 4.53. The quantitative estimate of drug-likeness (QED) is 0.788. The number of aromatic nitrogens is 2. The fourth-order valence-corrected chi connectivity index (χ4v) is 2.19. The van der Waals surface area contributed by atoms with Gasteiger partial charge in [0.05, 0.1) is 11.2 Å². The Balaban J connectivity index is 1.97. The molecule has 0 spiro atoms. The third-order valence-corrected chi connectivity index (χ3v) is 3.19. The molecule has 0 radical (unpaired) electrons. The van der Waals surface area contributed by atoms with Gasteiger partial charge in [-0.15, -0.1) is 0 Å². The van der Waals surface area contributed by atoms with Crippen LogP contribution < -0.4 is 4.74 Å². The fraction of sp³-hybridized carbons (Fsp3) is 0.125. The number of aryl methyl sites for hydroxylation is 1. The molecule has 1 aromatic carbocycles. The Morgan fingerprint density at radius 2 is 2.05 bits per heavy atom. The van der Waals surface area contributed by atoms with Crippen molar-refractivity contribution in [2.45, 2.75) is 13.5 Å². The number of benzene rings is 1. The fourth-order valence-electron chi connectivity index (χ4n) is 2.19. The number of hydrogen-bond donors (Lipinski definition) is 1. The first-order valence-electron chi connectivity index (χ1n) is 6.34. The largest absolute Gasteiger partial charge is 0.472 e. The van der Waals surface area contributed by atoms with E-state index in [0.29, 0.717) is 18.1 Å². The van der Waals surface area contributed by atoms with Gasteiger partial charge in [-0.2, -0.15) is 5.26 Å². The Morgan fingerprint density at radius 3 is 2.80 bits per heavy atom. The van der Waals surface area contributed by atoms with Crippen molar-refractivity contribution in [1.82, 2.24) is 9.97 Å². The van der Waals surface area contributed by atoms with Crippen LogP contribution >= 0.6 is 0 Å². The van der Waals surface area contributed by atoms with E-state index in [0.717, 1.165) is 22.2 Å². The number of rotatable bonds is 3. The Labute approximate surface area is 116 Å². The molecular weight excluding hydrogens is 250 g/mol. The molecule has 0 unspecified atom stereocenters. The molecule has 0 amide bonds. The summed E-state index contributed by atoms with van der Waals surface area (Å²) in [5.41, 5.74) is 3.23. The van der Waals surface area contributed by atoms with Crippen LogP contribution in [0.25, 0.3) is 10.9 Å². The maximum Gasteiger partial charge on any atom is 0.233 e. The van der Waals surface area contributed by atoms with Gasteiger partial charge < -0.3 is 9.72 Å². The van der Waals surface area contributed by atoms with Gasteiger partial charge in [0.15, 0.2) is 0 Å². The molecule has 2 aromatic heterocycles. The lowest BCUT2D eigenvalue weighted by molar-refractivity contribution is 0.293. The molecule has 4 heteroatoms. The van der Waals surface area contributed by atoms with Gasteiger partial charge in [0.2, 0.25) is 5.88 Å². The van der Waals surface area contributed by atoms with Crippen LogP contribution in [0.4, 0.5) is 0 Å². The Bertz CT molecular complexity index is 785. The van der Waals surface area contributed by atoms with Crippen molar-refractivity contribution in [1.29, 1.82) is 5.26 Å². The van der Waals surface area contributed by atoms with Gasteiger partial charge in [-0.05, 0) is 18.6 Å². The minimum absolute atomic E-state index is 0.390. The zero-order valence-electron chi connectivity index (χ0n) is 11.1. The van der Waals surface area contributed by atoms with E-state index in [4.69, 9.17) is 4.74 Å². The molecule has 0 fully saturated rings. The smallest absolute Gasteiger partial charge is 0.233 e. The van der Waals surface area contributed by atoms with Crippen molar-refractivity contribution in [3.63, 3.8) is 0 Å². The Morgan fingerprint density at radius 1 is 1.25 bits per heavy atom. The molecule has 20 heavy (non-hydrogen) atoms. The first kappa shape index (κ1) is 12.2. The molecule has 98 valence electrons. The molecule has 0 aliphatic heterocycles. The zero-order valence-corrected chi connectivity index (χ0v) is 11.1. The summed E-state index contributed by atoms with van der Waals surface area (Å²) in [6.45, 7) is 2.30. The van der Waals surface area contributed by atoms with Crippen molar-refractivity contribution in [2.75, 3.05) is 0 Å². The zero-order chi connectivity index (χ0) is 13.9. The summed E-state index contributed by atoms with van der Waals surface area (Å²) in [5, 5.41) is 10.2. The Hall–Kier alpha value is -2.80. The lowest BCUT2D eigenvalue weighted by atomic mass is 10.1. The third kappa shape index (κ3) is 2.10. The first-order chi connectivity index (χ1) is 9.79. The van der Waals surface area contributed by atoms with E-state index in [1.165, 1.54) is 0 Å². The van der Waals surface area contributed by atoms with Crippen LogP contribution in [0.3, 0.4) is 0 Å². The number of H-pyrrole nitrogens is 1. The summed E-state index contributed by atoms with van der Waals surface area (Å²) < 4.78 is 5.72. The highest BCUT2D eigenvalue weighted by molar-refractivity contribution is 5.88. The lowest BCUT2D eigenvalue weighted by Crippen LogP contribution is -2.01. The summed E-state index contributed by atoms with van der Waals surface area (Å²) in [6.07, 6.45) is 1.81. The highest BCUT2D eigenvalue weighted by Gasteiger charge is 2.13. The van der Waals surface area contributed by atoms with Crippen LogP contribution in [-0.4, -0.2) is 9.97 Å². The Kier molecular flexibility index (Phi) is 3.10. The number of pyridine rings is 1. The predicted octanol–water partition coefficient (Wildman–Crippen LogP) is 3.32. The van der Waals surface area contributed by atoms with Gasteiger partial charge in [0.1, 0.15) is 18.2 Å². The second kappa shape index (κ2) is 5.06. The van der Waals surface area contributed by atoms with Crippen LogP contribution in [0.15, 0.2) is 42.6 Å². The average molecular weight is 263 g/mol. The molecule has 0 saturated heterocycles. The molecule has 1 N–H and O–H groups in total. The summed E-state index contributed by atoms with van der Waals surface area (Å²) in [7, 11) is 0. The van der Waals surface area contributed by atoms with Crippen molar-refractivity contribution < 1.29 is 4.74 Å². The van der Waals surface area contributed by atoms with Crippen molar-refractivity contribution in [3.05, 3.63) is 59.4 Å². The van der Waals surface area contributed by atoms with Gasteiger partial charge in [-0.1, -0.05) is 30.3 Å². The SMILES string of the molecule is Cc1nc(OCc2ccccc2)c(C#N)c2cc[nH]c12. The minimum atomic E-state index is 0.390. The summed E-state index contributed by atoms with van der Waals surface area (Å²) in [6, 6.07) is 13.9. The molecule has 0 aliphatic rings. The predicted molar refractivity (Wildman–Crippen MR) is 76.3 cm³/mol. The number of nitrogens with one attached hydrogen (secondary N) is 1. The van der Waals surface area contributed by atoms with Gasteiger partial charge in [-0.25, -0.2) is 4.98 Å². The van der Waals surface area contributed by atoms with E-state index >= 15 is 0 Å². The van der Waals surface area contributed by atoms with Crippen molar-refractivity contribution in [3.8, 4) is 11.9 Å². The van der Waals surface area contributed by atoms with Crippen LogP contribution in [0.5, 0.6) is 5.88 Å². The molecule has 0 bridgehead atoms. The number of hydrogen-bond acceptors (Lipinski definition) is 3. The molecule has 0 aliphatic carbocycles. The standard InChI is InChI=1S/C16H13N3O/c1-11-15-13(7-8-18-15)14(9-17)16(19-11)20-10-12-5-3-2-4-6-12/h2-8,18H,10H2,1H3. The van der Waals surface area contributed by atoms with Crippen LogP contribution in [0.2, 0.25) is 0 Å². The molecular formula is C16H13N3O. The summed E-state index contributed by atoms with van der Waals surface area (Å²) in [5.74, 6) is 0.390. The van der Waals surface area contributed by atoms with Crippen LogP contribution in [-0.2, 0) is 6.61 Å². The normalized spacial score (nSPS) is 10.4. The van der Waals surface area contributed by atoms with Crippen molar-refractivity contribution >= 4 is 10.9 Å². The first-order valence-corrected chi connectivity index (χ1v) is 6.34. The topological polar surface area (TPSA) is 61.7 Å². The summed E-state index contributed by atoms with van der Waals surface area (Å²) >= 11 is 0. The van der Waals surface area contributed by atoms with E-state index in [-0.39, 0.29) is 0 Å². The molecule has 2 heterocycles. The second-order valence-corrected chi connectivity index (χ2v) is 4.53. The van der Waals surface area contributed by atoms with Gasteiger partial charge in [0.25, 0.3) is 0 Å². The van der Waals surface area contributed by atoms with E-state index in [9.17, 15) is 5.26 Å². The van der Waals surface area contributed by atoms with Crippen LogP contribution in [0, 0.1) is 18.3 Å². The van der Waals surface area contributed by atoms with E-state index in [1.807, 2.05) is 43.3 Å². The van der Waals surface area contributed by atoms with E-state index in [1.54, 1.807) is 6.20 Å². The highest BCUT2D eigenvalue weighted by Crippen LogP contribution is 2.27. The monoisotopic (exact) mass is 263 g/mol. The molecule has 0 saturated carbocycles. The van der Waals surface area contributed by atoms with Gasteiger partial charge in [0, 0.05) is 11.6 Å². The molecule has 4 nitrogen and oxygen atoms in total. The van der Waals surface area contributed by atoms with Crippen molar-refractivity contribution in [2.24, 2.45) is 0 Å². The van der Waals surface area contributed by atoms with Crippen LogP contribution in [0.1, 0.15) is 16.8 Å². The maximum absolute atomic E-state index is 9.34. The minimum Gasteiger partial charge on any atom is -0.472 e. The number of nitriles is 1. The third-order valence-electron chi connectivity index (χ3n) is 3.19. The summed E-state index contributed by atoms with van der Waals surface area (Å²) in [4.78, 5) is 7.48. The lowest BCUT2D eigenvalue weighted by Gasteiger charge is -2.09. The average Bonchev–Trinajstić information content (AvgIpc) is 2.96. The van der Waals surface area contributed by atoms with E-state index < -0.39 is 0 Å². The molecule has 0 atom stereocenters. The highest BCUT2D eigenvalue weighted by atomic mass is 16.5. The van der Waals surface area contributed by atoms with Gasteiger partial charge in [-0.3, -0.25) is 0 Å². The molecule has 3 rings (SSSR count). The number of nitrogens with zero attached hydrogens (tertiary/aromatic N) is 2.